The first kappa shape index (κ1) is 36.2. The number of ketones is 2. The summed E-state index contributed by atoms with van der Waals surface area (Å²) in [5.41, 5.74) is 2.76. The largest absolute Gasteiger partial charge is 0.488 e. The number of benzene rings is 2. The SMILES string of the molecule is C=C[C@@H]1C[C@]1(CC(=O)[C@@H]1C[C@@H]2CN1C(=O)[C@H](CCCC)CC(=O)OCCCCC/C=C/c1ccc3nc(-c4ccccc4)cc(c3c1)O2)C(C)=O. The van der Waals surface area contributed by atoms with Gasteiger partial charge in [0.1, 0.15) is 17.6 Å². The molecule has 0 spiro atoms. The van der Waals surface area contributed by atoms with Crippen LogP contribution in [-0.4, -0.2) is 58.6 Å². The van der Waals surface area contributed by atoms with Gasteiger partial charge in [0.05, 0.1) is 36.8 Å². The summed E-state index contributed by atoms with van der Waals surface area (Å²) in [5, 5.41) is 0.852. The minimum atomic E-state index is -0.778. The standard InChI is InChI=1S/C43H50N2O6/c1-4-6-16-32-23-41(48)50-21-14-9-7-8-11-15-30-19-20-36-35(22-30)40(25-37(44-36)31-17-12-10-13-18-31)51-34-24-38(45(28-34)42(32)49)39(47)27-43(29(3)46)26-33(43)5-2/h5,10-13,15,17-20,22,25,32-34,38H,2,4,6-9,14,16,21,23-24,26-28H2,1,3H3/b15-11+/t32-,33-,34-,38+,43+/m1/s1. The van der Waals surface area contributed by atoms with Gasteiger partial charge in [0.2, 0.25) is 5.91 Å². The van der Waals surface area contributed by atoms with E-state index >= 15 is 0 Å². The topological polar surface area (TPSA) is 103 Å². The van der Waals surface area contributed by atoms with Gasteiger partial charge >= 0.3 is 5.97 Å². The normalized spacial score (nSPS) is 26.3. The molecular weight excluding hydrogens is 640 g/mol. The highest BCUT2D eigenvalue weighted by Gasteiger charge is 2.58. The molecule has 1 saturated carbocycles. The molecule has 1 saturated heterocycles. The molecule has 1 aliphatic carbocycles. The first-order valence-electron chi connectivity index (χ1n) is 18.7. The third kappa shape index (κ3) is 8.32. The Hall–Kier alpha value is -4.59. The highest BCUT2D eigenvalue weighted by Crippen LogP contribution is 2.57. The Morgan fingerprint density at radius 1 is 1.08 bits per heavy atom. The molecule has 51 heavy (non-hydrogen) atoms. The first-order valence-corrected chi connectivity index (χ1v) is 18.7. The smallest absolute Gasteiger partial charge is 0.306 e. The van der Waals surface area contributed by atoms with Crippen LogP contribution in [0.4, 0.5) is 0 Å². The Labute approximate surface area is 301 Å². The van der Waals surface area contributed by atoms with E-state index in [9.17, 15) is 19.2 Å². The Kier molecular flexibility index (Phi) is 11.5. The van der Waals surface area contributed by atoms with Crippen LogP contribution in [0.3, 0.4) is 0 Å². The number of carbonyl (C=O) groups excluding carboxylic acids is 4. The highest BCUT2D eigenvalue weighted by molar-refractivity contribution is 5.97. The van der Waals surface area contributed by atoms with E-state index in [1.165, 1.54) is 6.92 Å². The lowest BCUT2D eigenvalue weighted by Gasteiger charge is -2.28. The lowest BCUT2D eigenvalue weighted by atomic mass is 9.88. The molecule has 0 unspecified atom stereocenters. The molecule has 1 aromatic heterocycles. The predicted molar refractivity (Wildman–Crippen MR) is 199 cm³/mol. The van der Waals surface area contributed by atoms with Gasteiger partial charge in [0, 0.05) is 41.2 Å². The Balaban J connectivity index is 1.39. The van der Waals surface area contributed by atoms with Gasteiger partial charge in [-0.15, -0.1) is 6.58 Å². The maximum absolute atomic E-state index is 14.5. The second-order valence-electron chi connectivity index (χ2n) is 14.5. The number of cyclic esters (lactones) is 1. The predicted octanol–water partition coefficient (Wildman–Crippen LogP) is 8.32. The minimum Gasteiger partial charge on any atom is -0.488 e. The average Bonchev–Trinajstić information content (AvgIpc) is 3.70. The Morgan fingerprint density at radius 3 is 2.65 bits per heavy atom. The number of fused-ring (bicyclic) bond motifs is 3. The van der Waals surface area contributed by atoms with Crippen LogP contribution in [0.25, 0.3) is 28.2 Å². The van der Waals surface area contributed by atoms with Gasteiger partial charge in [-0.05, 0) is 69.1 Å². The minimum absolute atomic E-state index is 0.0291. The van der Waals surface area contributed by atoms with E-state index < -0.39 is 23.5 Å². The fourth-order valence-corrected chi connectivity index (χ4v) is 7.79. The van der Waals surface area contributed by atoms with Gasteiger partial charge in [-0.25, -0.2) is 4.98 Å². The second-order valence-corrected chi connectivity index (χ2v) is 14.5. The number of allylic oxidation sites excluding steroid dienone is 2. The van der Waals surface area contributed by atoms with Gasteiger partial charge in [-0.3, -0.25) is 19.2 Å². The highest BCUT2D eigenvalue weighted by atomic mass is 16.5. The van der Waals surface area contributed by atoms with Crippen molar-refractivity contribution in [2.45, 2.75) is 96.6 Å². The van der Waals surface area contributed by atoms with Gasteiger partial charge < -0.3 is 14.4 Å². The summed E-state index contributed by atoms with van der Waals surface area (Å²) >= 11 is 0. The van der Waals surface area contributed by atoms with Crippen molar-refractivity contribution in [3.05, 3.63) is 78.9 Å². The summed E-state index contributed by atoms with van der Waals surface area (Å²) in [5.74, 6) is -0.831. The van der Waals surface area contributed by atoms with Gasteiger partial charge in [0.25, 0.3) is 0 Å². The third-order valence-corrected chi connectivity index (χ3v) is 10.9. The van der Waals surface area contributed by atoms with Crippen molar-refractivity contribution >= 4 is 40.4 Å². The lowest BCUT2D eigenvalue weighted by Crippen LogP contribution is -2.45. The van der Waals surface area contributed by atoms with Crippen LogP contribution in [0.2, 0.25) is 0 Å². The van der Waals surface area contributed by atoms with Crippen molar-refractivity contribution in [1.29, 1.82) is 0 Å². The molecule has 3 aliphatic rings. The van der Waals surface area contributed by atoms with Gasteiger partial charge in [-0.2, -0.15) is 0 Å². The number of Topliss-reactive ketones (excluding diaryl/α,β-unsaturated/α-hetero) is 2. The number of amides is 1. The van der Waals surface area contributed by atoms with Crippen molar-refractivity contribution in [1.82, 2.24) is 9.88 Å². The lowest BCUT2D eigenvalue weighted by molar-refractivity contribution is -0.150. The number of rotatable bonds is 9. The number of ether oxygens (including phenoxy) is 2. The number of pyridine rings is 1. The monoisotopic (exact) mass is 690 g/mol. The number of hydrogen-bond donors (Lipinski definition) is 0. The van der Waals surface area contributed by atoms with E-state index in [1.54, 1.807) is 11.0 Å². The molecule has 3 aromatic rings. The van der Waals surface area contributed by atoms with E-state index in [2.05, 4.69) is 37.8 Å². The van der Waals surface area contributed by atoms with E-state index in [0.717, 1.165) is 66.2 Å². The summed E-state index contributed by atoms with van der Waals surface area (Å²) < 4.78 is 12.4. The summed E-state index contributed by atoms with van der Waals surface area (Å²) in [6.07, 6.45) is 12.1. The van der Waals surface area contributed by atoms with E-state index in [1.807, 2.05) is 42.5 Å². The number of aromatic nitrogens is 1. The summed E-state index contributed by atoms with van der Waals surface area (Å²) in [6, 6.07) is 17.2. The van der Waals surface area contributed by atoms with E-state index in [4.69, 9.17) is 14.5 Å². The van der Waals surface area contributed by atoms with Crippen LogP contribution >= 0.6 is 0 Å². The molecular formula is C43H50N2O6. The molecule has 1 amide bonds. The van der Waals surface area contributed by atoms with E-state index in [0.29, 0.717) is 25.2 Å². The summed E-state index contributed by atoms with van der Waals surface area (Å²) in [6.45, 7) is 7.99. The number of esters is 1. The summed E-state index contributed by atoms with van der Waals surface area (Å²) in [4.78, 5) is 61.2. The number of nitrogens with zero attached hydrogens (tertiary/aromatic N) is 2. The average molecular weight is 691 g/mol. The molecule has 2 fully saturated rings. The fourth-order valence-electron chi connectivity index (χ4n) is 7.79. The third-order valence-electron chi connectivity index (χ3n) is 10.9. The van der Waals surface area contributed by atoms with Crippen LogP contribution < -0.4 is 4.74 Å². The molecule has 0 radical (unpaired) electrons. The van der Waals surface area contributed by atoms with Crippen LogP contribution in [-0.2, 0) is 23.9 Å². The van der Waals surface area contributed by atoms with Crippen LogP contribution in [0, 0.1) is 17.3 Å². The zero-order chi connectivity index (χ0) is 36.0. The number of hydrogen-bond acceptors (Lipinski definition) is 7. The number of carbonyl (C=O) groups is 4. The quantitative estimate of drug-likeness (QED) is 0.164. The zero-order valence-corrected chi connectivity index (χ0v) is 30.0. The van der Waals surface area contributed by atoms with Crippen molar-refractivity contribution in [3.63, 3.8) is 0 Å². The molecule has 6 rings (SSSR count). The fraction of sp³-hybridized carbons (Fsp3) is 0.465. The Morgan fingerprint density at radius 2 is 1.90 bits per heavy atom. The Bertz CT molecular complexity index is 1800. The van der Waals surface area contributed by atoms with Crippen molar-refractivity contribution < 1.29 is 28.7 Å². The van der Waals surface area contributed by atoms with Crippen molar-refractivity contribution in [2.75, 3.05) is 13.2 Å². The van der Waals surface area contributed by atoms with Gasteiger partial charge in [-0.1, -0.05) is 74.4 Å². The molecule has 2 aliphatic heterocycles. The molecule has 3 heterocycles. The van der Waals surface area contributed by atoms with Crippen molar-refractivity contribution in [3.8, 4) is 17.0 Å². The molecule has 4 bridgehead atoms. The van der Waals surface area contributed by atoms with Crippen LogP contribution in [0.15, 0.2) is 73.3 Å². The molecule has 2 aromatic carbocycles. The molecule has 268 valence electrons. The molecule has 8 heteroatoms. The molecule has 8 nitrogen and oxygen atoms in total. The van der Waals surface area contributed by atoms with Crippen molar-refractivity contribution in [2.24, 2.45) is 17.3 Å². The molecule has 0 N–H and O–H groups in total. The zero-order valence-electron chi connectivity index (χ0n) is 30.0. The number of unbranched alkanes of at least 4 members (excludes halogenated alkanes) is 1. The maximum Gasteiger partial charge on any atom is 0.306 e. The second kappa shape index (κ2) is 16.2. The van der Waals surface area contributed by atoms with E-state index in [-0.39, 0.29) is 55.2 Å². The maximum atomic E-state index is 14.5. The first-order chi connectivity index (χ1) is 24.7. The van der Waals surface area contributed by atoms with Crippen LogP contribution in [0.1, 0.15) is 90.0 Å². The van der Waals surface area contributed by atoms with Crippen LogP contribution in [0.5, 0.6) is 5.75 Å². The van der Waals surface area contributed by atoms with Gasteiger partial charge in [0.15, 0.2) is 5.78 Å². The molecule has 5 atom stereocenters. The summed E-state index contributed by atoms with van der Waals surface area (Å²) in [7, 11) is 0.